The molecule has 0 aliphatic heterocycles. The molecule has 0 aliphatic carbocycles. The lowest BCUT2D eigenvalue weighted by atomic mass is 10.1. The number of carboxylic acid groups (broad SMARTS) is 2. The number of benzene rings is 1. The summed E-state index contributed by atoms with van der Waals surface area (Å²) in [6.45, 7) is 0.251. The second-order valence-electron chi connectivity index (χ2n) is 7.44. The number of nitrogens with one attached hydrogen (secondary N) is 1. The first-order valence-corrected chi connectivity index (χ1v) is 10.7. The standard InChI is InChI=1S/C20H20Cl2N8O5/c1-30(7-8-6-25-17-15(26-8)16(23)28-20(24)29-17)9-4-10(21)14(11(22)5-9)18(33)27-12(19(34)35)2-3-13(31)32/h4-6,12H,2-3,7H2,1H3,(H,27,33)(H,31,32)(H,34,35)(H4,23,24,25,28,29). The van der Waals surface area contributed by atoms with E-state index in [1.54, 1.807) is 11.9 Å². The average Bonchev–Trinajstić information content (AvgIpc) is 2.76. The van der Waals surface area contributed by atoms with Gasteiger partial charge in [-0.2, -0.15) is 9.97 Å². The van der Waals surface area contributed by atoms with Crippen molar-refractivity contribution in [2.45, 2.75) is 25.4 Å². The van der Waals surface area contributed by atoms with E-state index in [1.807, 2.05) is 0 Å². The van der Waals surface area contributed by atoms with Crippen LogP contribution in [0.25, 0.3) is 11.2 Å². The van der Waals surface area contributed by atoms with E-state index in [4.69, 9.17) is 39.8 Å². The predicted molar refractivity (Wildman–Crippen MR) is 128 cm³/mol. The Morgan fingerprint density at radius 2 is 1.77 bits per heavy atom. The molecule has 35 heavy (non-hydrogen) atoms. The topological polar surface area (TPSA) is 211 Å². The van der Waals surface area contributed by atoms with Gasteiger partial charge < -0.3 is 31.9 Å². The highest BCUT2D eigenvalue weighted by atomic mass is 35.5. The number of hydrogen-bond acceptors (Lipinski definition) is 10. The van der Waals surface area contributed by atoms with Crippen LogP contribution in [0.5, 0.6) is 0 Å². The minimum Gasteiger partial charge on any atom is -0.481 e. The van der Waals surface area contributed by atoms with Crippen LogP contribution in [0.3, 0.4) is 0 Å². The Morgan fingerprint density at radius 3 is 2.37 bits per heavy atom. The van der Waals surface area contributed by atoms with Gasteiger partial charge in [-0.3, -0.25) is 9.59 Å². The van der Waals surface area contributed by atoms with E-state index in [2.05, 4.69) is 25.3 Å². The zero-order valence-electron chi connectivity index (χ0n) is 18.2. The van der Waals surface area contributed by atoms with Crippen molar-refractivity contribution in [2.24, 2.45) is 0 Å². The fourth-order valence-corrected chi connectivity index (χ4v) is 3.79. The third kappa shape index (κ3) is 6.13. The van der Waals surface area contributed by atoms with Crippen molar-refractivity contribution in [3.63, 3.8) is 0 Å². The Kier molecular flexibility index (Phi) is 7.71. The molecule has 0 radical (unpaired) electrons. The maximum absolute atomic E-state index is 12.6. The fraction of sp³-hybridized carbons (Fsp3) is 0.250. The van der Waals surface area contributed by atoms with E-state index >= 15 is 0 Å². The van der Waals surface area contributed by atoms with Crippen molar-refractivity contribution in [2.75, 3.05) is 23.4 Å². The molecule has 3 aromatic rings. The molecule has 2 aromatic heterocycles. The first-order valence-electron chi connectivity index (χ1n) is 9.96. The van der Waals surface area contributed by atoms with Gasteiger partial charge in [0.05, 0.1) is 34.0 Å². The van der Waals surface area contributed by atoms with Gasteiger partial charge in [-0.25, -0.2) is 14.8 Å². The van der Waals surface area contributed by atoms with Crippen LogP contribution in [-0.4, -0.2) is 61.1 Å². The first kappa shape index (κ1) is 25.6. The quantitative estimate of drug-likeness (QED) is 0.271. The monoisotopic (exact) mass is 522 g/mol. The van der Waals surface area contributed by atoms with E-state index < -0.39 is 30.3 Å². The molecule has 0 spiro atoms. The Labute approximate surface area is 208 Å². The highest BCUT2D eigenvalue weighted by Crippen LogP contribution is 2.31. The minimum absolute atomic E-state index is 0.0147. The molecule has 13 nitrogen and oxygen atoms in total. The molecule has 0 fully saturated rings. The van der Waals surface area contributed by atoms with Gasteiger partial charge in [-0.05, 0) is 18.6 Å². The number of nitrogens with zero attached hydrogens (tertiary/aromatic N) is 5. The highest BCUT2D eigenvalue weighted by Gasteiger charge is 2.25. The van der Waals surface area contributed by atoms with E-state index in [9.17, 15) is 19.5 Å². The molecule has 15 heteroatoms. The summed E-state index contributed by atoms with van der Waals surface area (Å²) in [5.41, 5.74) is 12.9. The molecule has 0 saturated carbocycles. The van der Waals surface area contributed by atoms with Crippen LogP contribution in [0.1, 0.15) is 28.9 Å². The Hall–Kier alpha value is -3.97. The fourth-order valence-electron chi connectivity index (χ4n) is 3.15. The Morgan fingerprint density at radius 1 is 1.11 bits per heavy atom. The number of fused-ring (bicyclic) bond motifs is 1. The number of aromatic nitrogens is 4. The SMILES string of the molecule is CN(Cc1cnc2nc(N)nc(N)c2n1)c1cc(Cl)c(C(=O)NC(CCC(=O)O)C(=O)O)c(Cl)c1. The maximum atomic E-state index is 12.6. The van der Waals surface area contributed by atoms with Crippen molar-refractivity contribution in [3.05, 3.63) is 39.6 Å². The molecule has 1 amide bonds. The normalized spacial score (nSPS) is 11.7. The number of halogens is 2. The zero-order chi connectivity index (χ0) is 25.9. The van der Waals surface area contributed by atoms with E-state index in [-0.39, 0.29) is 46.0 Å². The maximum Gasteiger partial charge on any atom is 0.326 e. The number of aliphatic carboxylic acids is 2. The van der Waals surface area contributed by atoms with Gasteiger partial charge in [0.15, 0.2) is 17.0 Å². The Balaban J connectivity index is 1.79. The van der Waals surface area contributed by atoms with Crippen LogP contribution >= 0.6 is 23.2 Å². The molecule has 3 rings (SSSR count). The summed E-state index contributed by atoms with van der Waals surface area (Å²) in [6, 6.07) is 1.52. The predicted octanol–water partition coefficient (Wildman–Crippen LogP) is 1.58. The molecule has 0 saturated heterocycles. The zero-order valence-corrected chi connectivity index (χ0v) is 19.7. The van der Waals surface area contributed by atoms with Gasteiger partial charge in [0.2, 0.25) is 5.95 Å². The average molecular weight is 523 g/mol. The minimum atomic E-state index is -1.42. The van der Waals surface area contributed by atoms with Crippen molar-refractivity contribution in [1.29, 1.82) is 0 Å². The van der Waals surface area contributed by atoms with Crippen molar-refractivity contribution in [3.8, 4) is 0 Å². The lowest BCUT2D eigenvalue weighted by molar-refractivity contribution is -0.140. The number of amides is 1. The van der Waals surface area contributed by atoms with E-state index in [0.29, 0.717) is 16.9 Å². The lowest BCUT2D eigenvalue weighted by Gasteiger charge is -2.21. The van der Waals surface area contributed by atoms with Crippen LogP contribution < -0.4 is 21.7 Å². The smallest absolute Gasteiger partial charge is 0.326 e. The molecule has 1 aromatic carbocycles. The number of carbonyl (C=O) groups excluding carboxylic acids is 1. The number of carbonyl (C=O) groups is 3. The lowest BCUT2D eigenvalue weighted by Crippen LogP contribution is -2.41. The molecule has 184 valence electrons. The second kappa shape index (κ2) is 10.5. The van der Waals surface area contributed by atoms with Crippen molar-refractivity contribution in [1.82, 2.24) is 25.3 Å². The summed E-state index contributed by atoms with van der Waals surface area (Å²) < 4.78 is 0. The number of nitrogens with two attached hydrogens (primary N) is 2. The van der Waals surface area contributed by atoms with Crippen LogP contribution in [0.4, 0.5) is 17.5 Å². The number of rotatable bonds is 9. The summed E-state index contributed by atoms with van der Waals surface area (Å²) in [7, 11) is 1.73. The van der Waals surface area contributed by atoms with Crippen LogP contribution in [0.2, 0.25) is 10.0 Å². The largest absolute Gasteiger partial charge is 0.481 e. The van der Waals surface area contributed by atoms with E-state index in [0.717, 1.165) is 0 Å². The number of hydrogen-bond donors (Lipinski definition) is 5. The van der Waals surface area contributed by atoms with Crippen molar-refractivity contribution >= 4 is 69.7 Å². The van der Waals surface area contributed by atoms with Gasteiger partial charge in [0, 0.05) is 19.2 Å². The summed E-state index contributed by atoms with van der Waals surface area (Å²) in [4.78, 5) is 52.9. The van der Waals surface area contributed by atoms with Crippen LogP contribution in [-0.2, 0) is 16.1 Å². The molecule has 0 bridgehead atoms. The van der Waals surface area contributed by atoms with Crippen LogP contribution in [0.15, 0.2) is 18.3 Å². The highest BCUT2D eigenvalue weighted by molar-refractivity contribution is 6.40. The van der Waals surface area contributed by atoms with E-state index in [1.165, 1.54) is 18.3 Å². The third-order valence-corrected chi connectivity index (χ3v) is 5.44. The second-order valence-corrected chi connectivity index (χ2v) is 8.25. The van der Waals surface area contributed by atoms with Crippen LogP contribution in [0, 0.1) is 0 Å². The third-order valence-electron chi connectivity index (χ3n) is 4.85. The van der Waals surface area contributed by atoms with Crippen molar-refractivity contribution < 1.29 is 24.6 Å². The Bertz CT molecular complexity index is 1300. The van der Waals surface area contributed by atoms with Gasteiger partial charge in [0.25, 0.3) is 5.91 Å². The molecule has 1 atom stereocenters. The van der Waals surface area contributed by atoms with Gasteiger partial charge in [-0.1, -0.05) is 23.2 Å². The van der Waals surface area contributed by atoms with Gasteiger partial charge >= 0.3 is 11.9 Å². The molecule has 1 unspecified atom stereocenters. The summed E-state index contributed by atoms with van der Waals surface area (Å²) >= 11 is 12.6. The number of anilines is 3. The molecule has 7 N–H and O–H groups in total. The summed E-state index contributed by atoms with van der Waals surface area (Å²) in [6.07, 6.45) is 0.756. The summed E-state index contributed by atoms with van der Waals surface area (Å²) in [5, 5.41) is 20.2. The first-order chi connectivity index (χ1) is 16.5. The molecule has 2 heterocycles. The number of nitrogen functional groups attached to an aromatic ring is 2. The molecule has 0 aliphatic rings. The van der Waals surface area contributed by atoms with Gasteiger partial charge in [-0.15, -0.1) is 0 Å². The molecular weight excluding hydrogens is 503 g/mol. The van der Waals surface area contributed by atoms with Gasteiger partial charge in [0.1, 0.15) is 6.04 Å². The number of carboxylic acids is 2. The summed E-state index contributed by atoms with van der Waals surface area (Å²) in [5.74, 6) is -3.34. The molecular formula is C20H20Cl2N8O5.